The summed E-state index contributed by atoms with van der Waals surface area (Å²) in [6, 6.07) is 6.26. The first-order valence-corrected chi connectivity index (χ1v) is 11.8. The largest absolute Gasteiger partial charge is 0.466 e. The third-order valence-corrected chi connectivity index (χ3v) is 5.37. The van der Waals surface area contributed by atoms with E-state index in [1.165, 1.54) is 4.90 Å². The van der Waals surface area contributed by atoms with Crippen molar-refractivity contribution in [1.29, 1.82) is 0 Å². The van der Waals surface area contributed by atoms with Gasteiger partial charge in [-0.05, 0) is 31.0 Å². The fourth-order valence-corrected chi connectivity index (χ4v) is 3.51. The maximum absolute atomic E-state index is 12.8. The summed E-state index contributed by atoms with van der Waals surface area (Å²) in [4.78, 5) is 50.7. The van der Waals surface area contributed by atoms with E-state index in [1.54, 1.807) is 24.3 Å². The van der Waals surface area contributed by atoms with E-state index in [0.717, 1.165) is 32.1 Å². The maximum Gasteiger partial charge on any atom is 0.308 e. The summed E-state index contributed by atoms with van der Waals surface area (Å²) in [5, 5.41) is 8.62. The van der Waals surface area contributed by atoms with Gasteiger partial charge in [-0.15, -0.1) is 0 Å². The number of anilines is 2. The van der Waals surface area contributed by atoms with Gasteiger partial charge in [0.2, 0.25) is 17.7 Å². The van der Waals surface area contributed by atoms with Crippen molar-refractivity contribution in [3.05, 3.63) is 24.3 Å². The van der Waals surface area contributed by atoms with Crippen LogP contribution in [0.25, 0.3) is 0 Å². The summed E-state index contributed by atoms with van der Waals surface area (Å²) in [5.41, 5.74) is 1.32. The number of amides is 3. The first kappa shape index (κ1) is 26.2. The monoisotopic (exact) mass is 460 g/mol. The molecule has 3 N–H and O–H groups in total. The first-order valence-electron chi connectivity index (χ1n) is 11.8. The second-order valence-corrected chi connectivity index (χ2v) is 8.11. The molecule has 0 spiro atoms. The lowest BCUT2D eigenvalue weighted by atomic mass is 10.1. The lowest BCUT2D eigenvalue weighted by molar-refractivity contribution is -0.151. The quantitative estimate of drug-likeness (QED) is 0.308. The molecule has 0 bridgehead atoms. The van der Waals surface area contributed by atoms with E-state index in [4.69, 9.17) is 4.74 Å². The number of esters is 1. The Morgan fingerprint density at radius 3 is 2.64 bits per heavy atom. The summed E-state index contributed by atoms with van der Waals surface area (Å²) >= 11 is 0. The molecule has 1 saturated heterocycles. The molecule has 1 aromatic carbocycles. The second kappa shape index (κ2) is 14.1. The Morgan fingerprint density at radius 2 is 1.88 bits per heavy atom. The minimum atomic E-state index is -0.879. The minimum absolute atomic E-state index is 0.0373. The van der Waals surface area contributed by atoms with Gasteiger partial charge in [0, 0.05) is 30.9 Å². The Kier molecular flexibility index (Phi) is 11.2. The minimum Gasteiger partial charge on any atom is -0.466 e. The van der Waals surface area contributed by atoms with E-state index in [9.17, 15) is 19.2 Å². The second-order valence-electron chi connectivity index (χ2n) is 8.11. The van der Waals surface area contributed by atoms with Crippen LogP contribution in [0.15, 0.2) is 24.3 Å². The number of nitrogens with one attached hydrogen (secondary N) is 3. The maximum atomic E-state index is 12.8. The fraction of sp³-hybridized carbons (Fsp3) is 0.583. The average Bonchev–Trinajstić information content (AvgIpc) is 2.79. The van der Waals surface area contributed by atoms with Crippen molar-refractivity contribution in [2.75, 3.05) is 36.9 Å². The predicted molar refractivity (Wildman–Crippen MR) is 127 cm³/mol. The SMILES string of the molecule is CCCCCC(=O)Nc1cccc(NCC(=O)N2CCNC(=O)C2CC(=O)OCCCC)c1. The summed E-state index contributed by atoms with van der Waals surface area (Å²) in [6.07, 6.45) is 4.89. The number of hydrogen-bond acceptors (Lipinski definition) is 6. The van der Waals surface area contributed by atoms with Crippen LogP contribution >= 0.6 is 0 Å². The molecule has 0 aliphatic carbocycles. The molecule has 1 aliphatic heterocycles. The number of ether oxygens (including phenoxy) is 1. The zero-order valence-electron chi connectivity index (χ0n) is 19.7. The highest BCUT2D eigenvalue weighted by Gasteiger charge is 2.34. The van der Waals surface area contributed by atoms with Gasteiger partial charge in [0.05, 0.1) is 19.6 Å². The molecule has 2 rings (SSSR count). The van der Waals surface area contributed by atoms with E-state index in [1.807, 2.05) is 6.92 Å². The standard InChI is InChI=1S/C24H36N4O5/c1-3-5-7-11-21(29)27-19-10-8-9-18(15-19)26-17-22(30)28-13-12-25-24(32)20(28)16-23(31)33-14-6-4-2/h8-10,15,20,26H,3-7,11-14,16-17H2,1-2H3,(H,25,32)(H,27,29). The van der Waals surface area contributed by atoms with Crippen LogP contribution in [0, 0.1) is 0 Å². The highest BCUT2D eigenvalue weighted by Crippen LogP contribution is 2.17. The normalized spacial score (nSPS) is 15.5. The van der Waals surface area contributed by atoms with E-state index in [0.29, 0.717) is 37.5 Å². The van der Waals surface area contributed by atoms with Gasteiger partial charge in [-0.2, -0.15) is 0 Å². The number of unbranched alkanes of at least 4 members (excludes halogenated alkanes) is 3. The van der Waals surface area contributed by atoms with E-state index in [-0.39, 0.29) is 30.7 Å². The molecule has 3 amide bonds. The molecule has 33 heavy (non-hydrogen) atoms. The Labute approximate surface area is 195 Å². The molecule has 182 valence electrons. The molecule has 1 heterocycles. The highest BCUT2D eigenvalue weighted by molar-refractivity contribution is 5.93. The zero-order chi connectivity index (χ0) is 24.1. The number of piperazine rings is 1. The topological polar surface area (TPSA) is 117 Å². The summed E-state index contributed by atoms with van der Waals surface area (Å²) in [7, 11) is 0. The zero-order valence-corrected chi connectivity index (χ0v) is 19.7. The van der Waals surface area contributed by atoms with Gasteiger partial charge < -0.3 is 25.6 Å². The van der Waals surface area contributed by atoms with Gasteiger partial charge in [-0.25, -0.2) is 0 Å². The molecular weight excluding hydrogens is 424 g/mol. The fourth-order valence-electron chi connectivity index (χ4n) is 3.51. The van der Waals surface area contributed by atoms with E-state index >= 15 is 0 Å². The van der Waals surface area contributed by atoms with Crippen molar-refractivity contribution >= 4 is 35.1 Å². The van der Waals surface area contributed by atoms with Crippen LogP contribution in [0.4, 0.5) is 11.4 Å². The molecular formula is C24H36N4O5. The molecule has 0 aromatic heterocycles. The van der Waals surface area contributed by atoms with E-state index in [2.05, 4.69) is 22.9 Å². The van der Waals surface area contributed by atoms with Gasteiger partial charge in [-0.1, -0.05) is 39.2 Å². The number of carbonyl (C=O) groups excluding carboxylic acids is 4. The molecule has 9 heteroatoms. The van der Waals surface area contributed by atoms with Gasteiger partial charge in [0.15, 0.2) is 0 Å². The van der Waals surface area contributed by atoms with Crippen LogP contribution in [-0.2, 0) is 23.9 Å². The van der Waals surface area contributed by atoms with Crippen molar-refractivity contribution in [2.24, 2.45) is 0 Å². The van der Waals surface area contributed by atoms with Crippen LogP contribution in [0.5, 0.6) is 0 Å². The Morgan fingerprint density at radius 1 is 1.12 bits per heavy atom. The van der Waals surface area contributed by atoms with Crippen molar-refractivity contribution < 1.29 is 23.9 Å². The van der Waals surface area contributed by atoms with Crippen LogP contribution < -0.4 is 16.0 Å². The molecule has 1 fully saturated rings. The lowest BCUT2D eigenvalue weighted by Gasteiger charge is -2.34. The lowest BCUT2D eigenvalue weighted by Crippen LogP contribution is -2.58. The van der Waals surface area contributed by atoms with Crippen LogP contribution in [0.1, 0.15) is 58.8 Å². The summed E-state index contributed by atoms with van der Waals surface area (Å²) < 4.78 is 5.16. The first-order chi connectivity index (χ1) is 15.9. The summed E-state index contributed by atoms with van der Waals surface area (Å²) in [5.74, 6) is -1.16. The van der Waals surface area contributed by atoms with Crippen molar-refractivity contribution in [2.45, 2.75) is 64.8 Å². The smallest absolute Gasteiger partial charge is 0.308 e. The third-order valence-electron chi connectivity index (χ3n) is 5.37. The Hall–Kier alpha value is -3.10. The van der Waals surface area contributed by atoms with Gasteiger partial charge >= 0.3 is 5.97 Å². The third kappa shape index (κ3) is 9.11. The van der Waals surface area contributed by atoms with Crippen molar-refractivity contribution in [3.63, 3.8) is 0 Å². The molecule has 0 radical (unpaired) electrons. The molecule has 0 saturated carbocycles. The average molecular weight is 461 g/mol. The summed E-state index contributed by atoms with van der Waals surface area (Å²) in [6.45, 7) is 5.02. The van der Waals surface area contributed by atoms with Crippen molar-refractivity contribution in [3.8, 4) is 0 Å². The number of carbonyl (C=O) groups is 4. The van der Waals surface area contributed by atoms with Gasteiger partial charge in [-0.3, -0.25) is 19.2 Å². The predicted octanol–water partition coefficient (Wildman–Crippen LogP) is 2.68. The van der Waals surface area contributed by atoms with Crippen LogP contribution in [-0.4, -0.2) is 60.9 Å². The number of hydrogen-bond donors (Lipinski definition) is 3. The Bertz CT molecular complexity index is 814. The van der Waals surface area contributed by atoms with Gasteiger partial charge in [0.1, 0.15) is 6.04 Å². The Balaban J connectivity index is 1.90. The number of rotatable bonds is 13. The van der Waals surface area contributed by atoms with Crippen molar-refractivity contribution in [1.82, 2.24) is 10.2 Å². The van der Waals surface area contributed by atoms with Crippen LogP contribution in [0.2, 0.25) is 0 Å². The van der Waals surface area contributed by atoms with E-state index < -0.39 is 12.0 Å². The van der Waals surface area contributed by atoms with Gasteiger partial charge in [0.25, 0.3) is 0 Å². The molecule has 1 atom stereocenters. The molecule has 1 unspecified atom stereocenters. The van der Waals surface area contributed by atoms with Crippen LogP contribution in [0.3, 0.4) is 0 Å². The molecule has 1 aromatic rings. The number of benzene rings is 1. The molecule has 9 nitrogen and oxygen atoms in total. The number of nitrogens with zero attached hydrogens (tertiary/aromatic N) is 1. The highest BCUT2D eigenvalue weighted by atomic mass is 16.5. The molecule has 1 aliphatic rings.